The van der Waals surface area contributed by atoms with Crippen molar-refractivity contribution in [3.63, 3.8) is 0 Å². The Morgan fingerprint density at radius 3 is 2.50 bits per heavy atom. The Balaban J connectivity index is 2.12. The number of carbonyl (C=O) groups excluding carboxylic acids is 1. The predicted molar refractivity (Wildman–Crippen MR) is 98.4 cm³/mol. The number of amides is 1. The van der Waals surface area contributed by atoms with Crippen LogP contribution in [0, 0.1) is 7.14 Å². The highest BCUT2D eigenvalue weighted by molar-refractivity contribution is 14.1. The Hall–Kier alpha value is -1.56. The Labute approximate surface area is 153 Å². The predicted octanol–water partition coefficient (Wildman–Crippen LogP) is 2.78. The Morgan fingerprint density at radius 1 is 1.09 bits per heavy atom. The molecule has 0 saturated heterocycles. The topological polar surface area (TPSA) is 102 Å². The number of benzene rings is 2. The number of nitrogens with one attached hydrogen (secondary N) is 1. The molecule has 0 unspecified atom stereocenters. The third-order valence-corrected chi connectivity index (χ3v) is 4.11. The maximum Gasteiger partial charge on any atom is 0.271 e. The molecule has 2 aromatic carbocycles. The zero-order valence-corrected chi connectivity index (χ0v) is 15.2. The second kappa shape index (κ2) is 7.13. The van der Waals surface area contributed by atoms with Gasteiger partial charge in [0.1, 0.15) is 5.75 Å². The molecular weight excluding hydrogens is 514 g/mol. The summed E-state index contributed by atoms with van der Waals surface area (Å²) in [6.07, 6.45) is 1.33. The van der Waals surface area contributed by atoms with E-state index in [4.69, 9.17) is 0 Å². The van der Waals surface area contributed by atoms with Crippen LogP contribution >= 0.6 is 45.2 Å². The lowest BCUT2D eigenvalue weighted by atomic mass is 10.2. The lowest BCUT2D eigenvalue weighted by molar-refractivity contribution is 0.0954. The lowest BCUT2D eigenvalue weighted by Gasteiger charge is -2.04. The number of hydrazone groups is 1. The molecule has 1 amide bonds. The van der Waals surface area contributed by atoms with E-state index in [9.17, 15) is 20.1 Å². The SMILES string of the molecule is O=C(NN=Cc1cc(I)cc(I)c1O)c1ccc(O)c(O)c1. The van der Waals surface area contributed by atoms with Crippen molar-refractivity contribution in [3.8, 4) is 17.2 Å². The molecule has 0 aliphatic rings. The van der Waals surface area contributed by atoms with Crippen molar-refractivity contribution in [2.45, 2.75) is 0 Å². The van der Waals surface area contributed by atoms with Crippen LogP contribution in [-0.4, -0.2) is 27.4 Å². The third-order valence-electron chi connectivity index (χ3n) is 2.66. The van der Waals surface area contributed by atoms with Crippen molar-refractivity contribution in [1.82, 2.24) is 5.43 Å². The van der Waals surface area contributed by atoms with Crippen LogP contribution in [0.2, 0.25) is 0 Å². The number of carbonyl (C=O) groups is 1. The minimum Gasteiger partial charge on any atom is -0.506 e. The normalized spacial score (nSPS) is 10.8. The maximum atomic E-state index is 11.8. The molecule has 4 N–H and O–H groups in total. The van der Waals surface area contributed by atoms with Gasteiger partial charge in [-0.15, -0.1) is 0 Å². The van der Waals surface area contributed by atoms with Gasteiger partial charge in [0.15, 0.2) is 11.5 Å². The van der Waals surface area contributed by atoms with Gasteiger partial charge >= 0.3 is 0 Å². The van der Waals surface area contributed by atoms with Gasteiger partial charge in [0.2, 0.25) is 0 Å². The first-order valence-electron chi connectivity index (χ1n) is 5.92. The summed E-state index contributed by atoms with van der Waals surface area (Å²) >= 11 is 4.11. The fourth-order valence-corrected chi connectivity index (χ4v) is 3.46. The summed E-state index contributed by atoms with van der Waals surface area (Å²) in [4.78, 5) is 11.8. The molecule has 0 atom stereocenters. The average molecular weight is 524 g/mol. The summed E-state index contributed by atoms with van der Waals surface area (Å²) in [5, 5.41) is 32.2. The van der Waals surface area contributed by atoms with Crippen molar-refractivity contribution in [1.29, 1.82) is 0 Å². The summed E-state index contributed by atoms with van der Waals surface area (Å²) in [7, 11) is 0. The number of nitrogens with zero attached hydrogens (tertiary/aromatic N) is 1. The summed E-state index contributed by atoms with van der Waals surface area (Å²) in [6, 6.07) is 7.23. The van der Waals surface area contributed by atoms with E-state index >= 15 is 0 Å². The van der Waals surface area contributed by atoms with E-state index in [1.807, 2.05) is 28.7 Å². The summed E-state index contributed by atoms with van der Waals surface area (Å²) in [5.41, 5.74) is 2.91. The van der Waals surface area contributed by atoms with Gasteiger partial charge in [0.05, 0.1) is 9.78 Å². The molecule has 8 heteroatoms. The molecule has 22 heavy (non-hydrogen) atoms. The average Bonchev–Trinajstić information content (AvgIpc) is 2.46. The van der Waals surface area contributed by atoms with Crippen LogP contribution in [0.15, 0.2) is 35.4 Å². The molecular formula is C14H10I2N2O4. The second-order valence-electron chi connectivity index (χ2n) is 4.23. The number of halogens is 2. The summed E-state index contributed by atoms with van der Waals surface area (Å²) in [6.45, 7) is 0. The van der Waals surface area contributed by atoms with Crippen molar-refractivity contribution >= 4 is 57.3 Å². The van der Waals surface area contributed by atoms with Crippen molar-refractivity contribution < 1.29 is 20.1 Å². The van der Waals surface area contributed by atoms with E-state index in [0.717, 1.165) is 9.64 Å². The van der Waals surface area contributed by atoms with Gasteiger partial charge in [-0.1, -0.05) is 0 Å². The van der Waals surface area contributed by atoms with Crippen LogP contribution in [0.4, 0.5) is 0 Å². The number of hydrogen-bond donors (Lipinski definition) is 4. The number of phenols is 3. The van der Waals surface area contributed by atoms with Gasteiger partial charge in [0.25, 0.3) is 5.91 Å². The minimum atomic E-state index is -0.550. The molecule has 0 fully saturated rings. The first kappa shape index (κ1) is 16.8. The Morgan fingerprint density at radius 2 is 1.82 bits per heavy atom. The van der Waals surface area contributed by atoms with Crippen LogP contribution in [0.5, 0.6) is 17.2 Å². The summed E-state index contributed by atoms with van der Waals surface area (Å²) in [5.74, 6) is -1.16. The highest BCUT2D eigenvalue weighted by Crippen LogP contribution is 2.26. The van der Waals surface area contributed by atoms with Crippen molar-refractivity contribution in [3.05, 3.63) is 48.6 Å². The summed E-state index contributed by atoms with van der Waals surface area (Å²) < 4.78 is 1.61. The van der Waals surface area contributed by atoms with Crippen LogP contribution in [0.1, 0.15) is 15.9 Å². The monoisotopic (exact) mass is 524 g/mol. The van der Waals surface area contributed by atoms with E-state index < -0.39 is 5.91 Å². The fraction of sp³-hybridized carbons (Fsp3) is 0. The molecule has 0 spiro atoms. The largest absolute Gasteiger partial charge is 0.506 e. The molecule has 0 heterocycles. The standard InChI is InChI=1S/C14H10I2N2O4/c15-9-3-8(13(21)10(16)5-9)6-17-18-14(22)7-1-2-11(19)12(20)4-7/h1-6,19-21H,(H,18,22). The maximum absolute atomic E-state index is 11.8. The van der Waals surface area contributed by atoms with Crippen LogP contribution in [0.25, 0.3) is 0 Å². The van der Waals surface area contributed by atoms with E-state index in [1.54, 1.807) is 6.07 Å². The highest BCUT2D eigenvalue weighted by atomic mass is 127. The number of aromatic hydroxyl groups is 3. The van der Waals surface area contributed by atoms with Crippen LogP contribution in [-0.2, 0) is 0 Å². The van der Waals surface area contributed by atoms with Gasteiger partial charge in [-0.2, -0.15) is 5.10 Å². The molecule has 0 bridgehead atoms. The fourth-order valence-electron chi connectivity index (χ4n) is 1.57. The van der Waals surface area contributed by atoms with Gasteiger partial charge < -0.3 is 15.3 Å². The molecule has 0 radical (unpaired) electrons. The Bertz CT molecular complexity index is 763. The number of phenolic OH excluding ortho intramolecular Hbond substituents is 3. The second-order valence-corrected chi connectivity index (χ2v) is 6.64. The number of rotatable bonds is 3. The van der Waals surface area contributed by atoms with Crippen LogP contribution in [0.3, 0.4) is 0 Å². The highest BCUT2D eigenvalue weighted by Gasteiger charge is 2.08. The minimum absolute atomic E-state index is 0.0845. The molecule has 2 rings (SSSR count). The molecule has 0 aromatic heterocycles. The van der Waals surface area contributed by atoms with Gasteiger partial charge in [-0.25, -0.2) is 5.43 Å². The molecule has 0 saturated carbocycles. The van der Waals surface area contributed by atoms with E-state index in [2.05, 4.69) is 33.1 Å². The van der Waals surface area contributed by atoms with Gasteiger partial charge in [-0.3, -0.25) is 4.79 Å². The quantitative estimate of drug-likeness (QED) is 0.215. The number of hydrogen-bond acceptors (Lipinski definition) is 5. The van der Waals surface area contributed by atoms with E-state index in [-0.39, 0.29) is 22.8 Å². The smallest absolute Gasteiger partial charge is 0.271 e. The molecule has 114 valence electrons. The third kappa shape index (κ3) is 4.00. The zero-order valence-electron chi connectivity index (χ0n) is 10.9. The lowest BCUT2D eigenvalue weighted by Crippen LogP contribution is -2.17. The van der Waals surface area contributed by atoms with Gasteiger partial charge in [-0.05, 0) is 75.5 Å². The molecule has 6 nitrogen and oxygen atoms in total. The zero-order chi connectivity index (χ0) is 16.3. The van der Waals surface area contributed by atoms with Crippen molar-refractivity contribution in [2.24, 2.45) is 5.10 Å². The Kier molecular flexibility index (Phi) is 5.45. The molecule has 0 aliphatic heterocycles. The molecule has 2 aromatic rings. The van der Waals surface area contributed by atoms with Gasteiger partial charge in [0, 0.05) is 14.7 Å². The first-order chi connectivity index (χ1) is 10.4. The van der Waals surface area contributed by atoms with E-state index in [0.29, 0.717) is 9.13 Å². The molecule has 0 aliphatic carbocycles. The van der Waals surface area contributed by atoms with Crippen LogP contribution < -0.4 is 5.43 Å². The van der Waals surface area contributed by atoms with Crippen molar-refractivity contribution in [2.75, 3.05) is 0 Å². The van der Waals surface area contributed by atoms with E-state index in [1.165, 1.54) is 18.3 Å². The first-order valence-corrected chi connectivity index (χ1v) is 8.07.